The molecule has 7 rings (SSSR count). The number of carbonyl (C=O) groups is 2. The molecule has 4 aromatic carbocycles. The van der Waals surface area contributed by atoms with Gasteiger partial charge in [-0.15, -0.1) is 0 Å². The number of rotatable bonds is 12. The Morgan fingerprint density at radius 2 is 1.52 bits per heavy atom. The van der Waals surface area contributed by atoms with Crippen molar-refractivity contribution in [2.24, 2.45) is 0 Å². The maximum Gasteiger partial charge on any atom is 0.411 e. The molecule has 3 fully saturated rings. The zero-order valence-corrected chi connectivity index (χ0v) is 32.4. The summed E-state index contributed by atoms with van der Waals surface area (Å²) in [5, 5.41) is 8.60. The monoisotopic (exact) mass is 719 g/mol. The van der Waals surface area contributed by atoms with Gasteiger partial charge in [-0.1, -0.05) is 87.5 Å². The number of aryl methyl sites for hydroxylation is 1. The van der Waals surface area contributed by atoms with Gasteiger partial charge in [-0.2, -0.15) is 0 Å². The van der Waals surface area contributed by atoms with E-state index in [9.17, 15) is 9.59 Å². The van der Waals surface area contributed by atoms with Crippen LogP contribution in [0, 0.1) is 0 Å². The van der Waals surface area contributed by atoms with Crippen LogP contribution < -0.4 is 10.6 Å². The highest BCUT2D eigenvalue weighted by Crippen LogP contribution is 2.48. The number of hydrogen-bond acceptors (Lipinski definition) is 6. The molecule has 3 saturated heterocycles. The summed E-state index contributed by atoms with van der Waals surface area (Å²) in [7, 11) is 0.384. The second kappa shape index (κ2) is 14.8. The van der Waals surface area contributed by atoms with Crippen LogP contribution in [0.2, 0.25) is 18.1 Å². The van der Waals surface area contributed by atoms with Crippen molar-refractivity contribution >= 4 is 42.5 Å². The Morgan fingerprint density at radius 3 is 2.25 bits per heavy atom. The van der Waals surface area contributed by atoms with E-state index in [4.69, 9.17) is 13.9 Å². The fraction of sp³-hybridized carbons (Fsp3) is 0.442. The van der Waals surface area contributed by atoms with E-state index < -0.39 is 14.4 Å². The number of fused-ring (bicyclic) bond motifs is 6. The van der Waals surface area contributed by atoms with E-state index >= 15 is 0 Å². The van der Waals surface area contributed by atoms with Crippen molar-refractivity contribution in [3.63, 3.8) is 0 Å². The molecule has 3 aliphatic heterocycles. The Balaban J connectivity index is 0.924. The third-order valence-electron chi connectivity index (χ3n) is 11.8. The van der Waals surface area contributed by atoms with Crippen LogP contribution in [0.15, 0.2) is 84.9 Å². The maximum absolute atomic E-state index is 13.2. The lowest BCUT2D eigenvalue weighted by molar-refractivity contribution is -0.116. The zero-order chi connectivity index (χ0) is 36.6. The molecule has 0 unspecified atom stereocenters. The van der Waals surface area contributed by atoms with Crippen LogP contribution in [-0.4, -0.2) is 69.3 Å². The molecule has 9 heteroatoms. The topological polar surface area (TPSA) is 92.4 Å². The minimum Gasteiger partial charge on any atom is -0.446 e. The zero-order valence-electron chi connectivity index (χ0n) is 31.4. The molecule has 2 bridgehead atoms. The predicted octanol–water partition coefficient (Wildman–Crippen LogP) is 9.19. The number of hydrogen-bond donors (Lipinski definition) is 2. The Bertz CT molecular complexity index is 1910. The van der Waals surface area contributed by atoms with E-state index in [-0.39, 0.29) is 17.0 Å². The van der Waals surface area contributed by atoms with Gasteiger partial charge >= 0.3 is 6.09 Å². The smallest absolute Gasteiger partial charge is 0.411 e. The fourth-order valence-electron chi connectivity index (χ4n) is 7.65. The van der Waals surface area contributed by atoms with Crippen LogP contribution >= 0.6 is 0 Å². The average Bonchev–Trinajstić information content (AvgIpc) is 3.87. The Kier molecular flexibility index (Phi) is 10.3. The van der Waals surface area contributed by atoms with Crippen LogP contribution in [-0.2, 0) is 31.5 Å². The third-order valence-corrected chi connectivity index (χ3v) is 16.3. The van der Waals surface area contributed by atoms with E-state index in [1.807, 2.05) is 54.6 Å². The van der Waals surface area contributed by atoms with Crippen LogP contribution in [0.5, 0.6) is 0 Å². The largest absolute Gasteiger partial charge is 0.446 e. The molecule has 2 N–H and O–H groups in total. The normalized spacial score (nSPS) is 22.5. The number of benzene rings is 4. The van der Waals surface area contributed by atoms with Gasteiger partial charge in [0.2, 0.25) is 5.91 Å². The quantitative estimate of drug-likeness (QED) is 0.112. The molecule has 2 amide bonds. The minimum absolute atomic E-state index is 0.0169. The fourth-order valence-corrected chi connectivity index (χ4v) is 8.70. The summed E-state index contributed by atoms with van der Waals surface area (Å²) in [6.07, 6.45) is 4.27. The van der Waals surface area contributed by atoms with Crippen molar-refractivity contribution in [1.82, 2.24) is 4.90 Å². The van der Waals surface area contributed by atoms with Crippen LogP contribution in [0.3, 0.4) is 0 Å². The van der Waals surface area contributed by atoms with E-state index in [0.717, 1.165) is 59.0 Å². The first kappa shape index (κ1) is 36.3. The summed E-state index contributed by atoms with van der Waals surface area (Å²) < 4.78 is 18.2. The van der Waals surface area contributed by atoms with Gasteiger partial charge in [0.1, 0.15) is 18.3 Å². The average molecular weight is 720 g/mol. The van der Waals surface area contributed by atoms with Gasteiger partial charge in [0.05, 0.1) is 5.69 Å². The van der Waals surface area contributed by atoms with Gasteiger partial charge in [-0.05, 0) is 90.1 Å². The Labute approximate surface area is 309 Å². The van der Waals surface area contributed by atoms with E-state index in [1.54, 1.807) is 0 Å². The van der Waals surface area contributed by atoms with Crippen LogP contribution in [0.4, 0.5) is 16.2 Å². The number of likely N-dealkylation sites (N-methyl/N-ethyl adjacent to an activating group) is 1. The van der Waals surface area contributed by atoms with E-state index in [1.165, 1.54) is 5.56 Å². The molecule has 0 saturated carbocycles. The lowest BCUT2D eigenvalue weighted by atomic mass is 9.99. The molecule has 3 aliphatic rings. The lowest BCUT2D eigenvalue weighted by Crippen LogP contribution is -2.48. The molecule has 8 nitrogen and oxygen atoms in total. The standard InChI is InChI=1S/C43H53N3O5Si/c1-43(2,3)52(5,6)49-22-21-29-15-17-32-25-33(19-18-31(32)23-29)44-39(47)14-10-11-28-16-20-35(30-12-8-7-9-13-30)36(24-28)45-42(48)50-34-26-37-40-41(51-40)38(27-34)46(37)4/h7-9,12-13,15-20,23-25,34,37-38,40-41H,10-11,14,21-22,26-27H2,1-6H3,(H,44,47)(H,45,48)/t34-,37-,38+,40-,41+. The summed E-state index contributed by atoms with van der Waals surface area (Å²) in [6, 6.07) is 29.4. The maximum atomic E-state index is 13.2. The molecule has 5 atom stereocenters. The molecule has 274 valence electrons. The van der Waals surface area contributed by atoms with Gasteiger partial charge < -0.3 is 19.2 Å². The second-order valence-electron chi connectivity index (χ2n) is 16.4. The molecular weight excluding hydrogens is 667 g/mol. The SMILES string of the molecule is CN1[C@@H]2C[C@@H](OC(=O)Nc3cc(CCCC(=O)Nc4ccc5cc(CCO[Si](C)(C)C(C)(C)C)ccc5c4)ccc3-c3ccccc3)C[C@H]1[C@@H]1O[C@@H]12. The molecule has 0 aromatic heterocycles. The Hall–Kier alpha value is -4.02. The molecule has 0 aliphatic carbocycles. The van der Waals surface area contributed by atoms with Crippen molar-refractivity contribution in [3.05, 3.63) is 96.1 Å². The van der Waals surface area contributed by atoms with Gasteiger partial charge in [0.15, 0.2) is 8.32 Å². The summed E-state index contributed by atoms with van der Waals surface area (Å²) in [5.41, 5.74) is 5.76. The highest BCUT2D eigenvalue weighted by atomic mass is 28.4. The number of epoxide rings is 1. The van der Waals surface area contributed by atoms with Crippen molar-refractivity contribution in [1.29, 1.82) is 0 Å². The first-order valence-corrected chi connectivity index (χ1v) is 21.8. The molecular formula is C43H53N3O5Si. The van der Waals surface area contributed by atoms with Gasteiger partial charge in [-0.3, -0.25) is 15.0 Å². The molecule has 4 aromatic rings. The van der Waals surface area contributed by atoms with E-state index in [2.05, 4.69) is 86.8 Å². The first-order valence-electron chi connectivity index (χ1n) is 18.8. The summed E-state index contributed by atoms with van der Waals surface area (Å²) in [5.74, 6) is -0.0169. The molecule has 3 heterocycles. The molecule has 0 spiro atoms. The third kappa shape index (κ3) is 8.13. The van der Waals surface area contributed by atoms with Crippen molar-refractivity contribution < 1.29 is 23.5 Å². The van der Waals surface area contributed by atoms with Crippen molar-refractivity contribution in [3.8, 4) is 11.1 Å². The predicted molar refractivity (Wildman–Crippen MR) is 211 cm³/mol. The highest BCUT2D eigenvalue weighted by molar-refractivity contribution is 6.74. The summed E-state index contributed by atoms with van der Waals surface area (Å²) in [6.45, 7) is 12.1. The number of nitrogens with zero attached hydrogens (tertiary/aromatic N) is 1. The Morgan fingerprint density at radius 1 is 0.846 bits per heavy atom. The van der Waals surface area contributed by atoms with Crippen molar-refractivity contribution in [2.75, 3.05) is 24.3 Å². The number of piperidine rings is 1. The minimum atomic E-state index is -1.76. The number of morpholine rings is 1. The van der Waals surface area contributed by atoms with E-state index in [0.29, 0.717) is 49.2 Å². The van der Waals surface area contributed by atoms with Crippen molar-refractivity contribution in [2.45, 2.75) is 108 Å². The lowest BCUT2D eigenvalue weighted by Gasteiger charge is -2.37. The number of carbonyl (C=O) groups excluding carboxylic acids is 2. The highest BCUT2D eigenvalue weighted by Gasteiger charge is 2.62. The van der Waals surface area contributed by atoms with Crippen LogP contribution in [0.25, 0.3) is 21.9 Å². The number of nitrogens with one attached hydrogen (secondary N) is 2. The number of amides is 2. The second-order valence-corrected chi connectivity index (χ2v) is 21.2. The van der Waals surface area contributed by atoms with Gasteiger partial charge in [0.25, 0.3) is 0 Å². The van der Waals surface area contributed by atoms with Crippen LogP contribution in [0.1, 0.15) is 57.6 Å². The number of anilines is 2. The van der Waals surface area contributed by atoms with Gasteiger partial charge in [-0.25, -0.2) is 4.79 Å². The summed E-state index contributed by atoms with van der Waals surface area (Å²) in [4.78, 5) is 28.6. The summed E-state index contributed by atoms with van der Waals surface area (Å²) >= 11 is 0. The number of ether oxygens (including phenoxy) is 2. The first-order chi connectivity index (χ1) is 24.8. The van der Waals surface area contributed by atoms with Gasteiger partial charge in [0, 0.05) is 49.2 Å². The molecule has 52 heavy (non-hydrogen) atoms. The molecule has 0 radical (unpaired) electrons.